The van der Waals surface area contributed by atoms with E-state index in [1.54, 1.807) is 41.7 Å². The molecular formula is C12H10Cl2N2OS2. The molecule has 1 heterocycles. The number of benzene rings is 1. The van der Waals surface area contributed by atoms with Crippen LogP contribution in [0, 0.1) is 11.3 Å². The Morgan fingerprint density at radius 3 is 2.74 bits per heavy atom. The number of nitriles is 1. The Hall–Kier alpha value is -0.540. The normalized spacial score (nSPS) is 16.9. The van der Waals surface area contributed by atoms with Gasteiger partial charge in [0.25, 0.3) is 0 Å². The molecule has 1 fully saturated rings. The van der Waals surface area contributed by atoms with Crippen molar-refractivity contribution in [1.82, 2.24) is 5.32 Å². The molecule has 3 nitrogen and oxygen atoms in total. The minimum absolute atomic E-state index is 0.143. The number of thioether (sulfide) groups is 2. The van der Waals surface area contributed by atoms with Gasteiger partial charge in [-0.3, -0.25) is 4.79 Å². The van der Waals surface area contributed by atoms with E-state index in [-0.39, 0.29) is 10.5 Å². The summed E-state index contributed by atoms with van der Waals surface area (Å²) < 4.78 is -0.145. The standard InChI is InChI=1S/C12H10Cl2N2OS2/c13-8-3-1-2-7(10(8)14)9(6-15)16-11(17)12-18-4-5-19-12/h1-3,9,12H,4-5H2,(H,16,17)/t9-/m1/s1. The van der Waals surface area contributed by atoms with Gasteiger partial charge < -0.3 is 5.32 Å². The van der Waals surface area contributed by atoms with E-state index in [1.807, 2.05) is 6.07 Å². The van der Waals surface area contributed by atoms with E-state index in [1.165, 1.54) is 0 Å². The first-order chi connectivity index (χ1) is 9.13. The largest absolute Gasteiger partial charge is 0.335 e. The maximum Gasteiger partial charge on any atom is 0.244 e. The number of halogens is 2. The molecule has 7 heteroatoms. The van der Waals surface area contributed by atoms with Gasteiger partial charge in [0.2, 0.25) is 5.91 Å². The van der Waals surface area contributed by atoms with Crippen LogP contribution in [0.25, 0.3) is 0 Å². The summed E-state index contributed by atoms with van der Waals surface area (Å²) in [7, 11) is 0. The number of nitrogens with one attached hydrogen (secondary N) is 1. The first-order valence-corrected chi connectivity index (χ1v) is 8.36. The average molecular weight is 333 g/mol. The highest BCUT2D eigenvalue weighted by Gasteiger charge is 2.27. The molecule has 0 aromatic heterocycles. The lowest BCUT2D eigenvalue weighted by Gasteiger charge is -2.16. The summed E-state index contributed by atoms with van der Waals surface area (Å²) in [4.78, 5) is 12.0. The Morgan fingerprint density at radius 2 is 2.11 bits per heavy atom. The van der Waals surface area contributed by atoms with Crippen molar-refractivity contribution in [2.75, 3.05) is 11.5 Å². The Morgan fingerprint density at radius 1 is 1.42 bits per heavy atom. The predicted octanol–water partition coefficient (Wildman–Crippen LogP) is 3.48. The van der Waals surface area contributed by atoms with E-state index >= 15 is 0 Å². The van der Waals surface area contributed by atoms with Crippen molar-refractivity contribution in [3.63, 3.8) is 0 Å². The minimum atomic E-state index is -0.777. The SMILES string of the molecule is N#C[C@@H](NC(=O)C1SCCS1)c1cccc(Cl)c1Cl. The fourth-order valence-electron chi connectivity index (χ4n) is 1.64. The summed E-state index contributed by atoms with van der Waals surface area (Å²) in [6.45, 7) is 0. The van der Waals surface area contributed by atoms with E-state index in [2.05, 4.69) is 5.32 Å². The van der Waals surface area contributed by atoms with E-state index in [4.69, 9.17) is 23.2 Å². The molecule has 0 bridgehead atoms. The number of carbonyl (C=O) groups excluding carboxylic acids is 1. The minimum Gasteiger partial charge on any atom is -0.335 e. The Labute approximate surface area is 130 Å². The highest BCUT2D eigenvalue weighted by atomic mass is 35.5. The molecule has 0 saturated carbocycles. The van der Waals surface area contributed by atoms with Crippen LogP contribution in [0.2, 0.25) is 10.0 Å². The third-order valence-corrected chi connectivity index (χ3v) is 6.37. The summed E-state index contributed by atoms with van der Waals surface area (Å²) in [5, 5.41) is 12.6. The van der Waals surface area contributed by atoms with Crippen LogP contribution in [0.1, 0.15) is 11.6 Å². The fourth-order valence-corrected chi connectivity index (χ4v) is 4.66. The first kappa shape index (κ1) is 14.9. The van der Waals surface area contributed by atoms with E-state index < -0.39 is 6.04 Å². The number of nitrogens with zero attached hydrogens (tertiary/aromatic N) is 1. The monoisotopic (exact) mass is 332 g/mol. The van der Waals surface area contributed by atoms with Gasteiger partial charge in [-0.15, -0.1) is 23.5 Å². The van der Waals surface area contributed by atoms with Crippen molar-refractivity contribution < 1.29 is 4.79 Å². The van der Waals surface area contributed by atoms with Crippen molar-refractivity contribution in [3.05, 3.63) is 33.8 Å². The van der Waals surface area contributed by atoms with E-state index in [9.17, 15) is 10.1 Å². The van der Waals surface area contributed by atoms with Gasteiger partial charge in [0, 0.05) is 17.1 Å². The maximum atomic E-state index is 12.0. The van der Waals surface area contributed by atoms with Crippen LogP contribution >= 0.6 is 46.7 Å². The summed E-state index contributed by atoms with van der Waals surface area (Å²) in [5.41, 5.74) is 0.526. The number of rotatable bonds is 3. The second kappa shape index (κ2) is 6.76. The lowest BCUT2D eigenvalue weighted by Crippen LogP contribution is -2.33. The van der Waals surface area contributed by atoms with Crippen LogP contribution in [0.5, 0.6) is 0 Å². The highest BCUT2D eigenvalue weighted by Crippen LogP contribution is 2.33. The molecule has 100 valence electrons. The van der Waals surface area contributed by atoms with Gasteiger partial charge in [0.1, 0.15) is 10.6 Å². The fraction of sp³-hybridized carbons (Fsp3) is 0.333. The van der Waals surface area contributed by atoms with Gasteiger partial charge in [-0.1, -0.05) is 35.3 Å². The molecule has 1 saturated heterocycles. The number of amides is 1. The third-order valence-electron chi connectivity index (χ3n) is 2.54. The zero-order valence-electron chi connectivity index (χ0n) is 9.73. The Kier molecular flexibility index (Phi) is 5.28. The molecule has 1 amide bonds. The van der Waals surface area contributed by atoms with Crippen LogP contribution in [0.15, 0.2) is 18.2 Å². The van der Waals surface area contributed by atoms with Crippen LogP contribution in [-0.4, -0.2) is 22.0 Å². The molecular weight excluding hydrogens is 323 g/mol. The van der Waals surface area contributed by atoms with Gasteiger partial charge in [-0.05, 0) is 6.07 Å². The molecule has 1 aliphatic rings. The van der Waals surface area contributed by atoms with Crippen LogP contribution < -0.4 is 5.32 Å². The molecule has 0 aliphatic carbocycles. The lowest BCUT2D eigenvalue weighted by atomic mass is 10.1. The molecule has 1 N–H and O–H groups in total. The van der Waals surface area contributed by atoms with E-state index in [0.717, 1.165) is 11.5 Å². The zero-order valence-corrected chi connectivity index (χ0v) is 12.9. The molecule has 0 spiro atoms. The highest BCUT2D eigenvalue weighted by molar-refractivity contribution is 8.21. The molecule has 0 unspecified atom stereocenters. The first-order valence-electron chi connectivity index (χ1n) is 5.50. The lowest BCUT2D eigenvalue weighted by molar-refractivity contribution is -0.119. The van der Waals surface area contributed by atoms with Gasteiger partial charge in [-0.25, -0.2) is 0 Å². The second-order valence-corrected chi connectivity index (χ2v) is 7.30. The molecule has 1 aromatic rings. The van der Waals surface area contributed by atoms with Crippen LogP contribution in [-0.2, 0) is 4.79 Å². The van der Waals surface area contributed by atoms with Gasteiger partial charge in [0.05, 0.1) is 16.1 Å². The zero-order chi connectivity index (χ0) is 13.8. The Balaban J connectivity index is 2.14. The van der Waals surface area contributed by atoms with Gasteiger partial charge in [-0.2, -0.15) is 5.26 Å². The van der Waals surface area contributed by atoms with Crippen LogP contribution in [0.3, 0.4) is 0 Å². The summed E-state index contributed by atoms with van der Waals surface area (Å²) in [5.74, 6) is 1.77. The molecule has 2 rings (SSSR count). The molecule has 1 aliphatic heterocycles. The predicted molar refractivity (Wildman–Crippen MR) is 81.7 cm³/mol. The van der Waals surface area contributed by atoms with Crippen molar-refractivity contribution in [3.8, 4) is 6.07 Å². The number of hydrogen-bond acceptors (Lipinski definition) is 4. The quantitative estimate of drug-likeness (QED) is 0.920. The van der Waals surface area contributed by atoms with Gasteiger partial charge >= 0.3 is 0 Å². The summed E-state index contributed by atoms with van der Waals surface area (Å²) >= 11 is 15.2. The summed E-state index contributed by atoms with van der Waals surface area (Å²) in [6.07, 6.45) is 0. The smallest absolute Gasteiger partial charge is 0.244 e. The van der Waals surface area contributed by atoms with Gasteiger partial charge in [0.15, 0.2) is 0 Å². The Bertz CT molecular complexity index is 527. The van der Waals surface area contributed by atoms with Crippen molar-refractivity contribution in [2.24, 2.45) is 0 Å². The third kappa shape index (κ3) is 3.51. The van der Waals surface area contributed by atoms with Crippen molar-refractivity contribution in [1.29, 1.82) is 5.26 Å². The molecule has 0 radical (unpaired) electrons. The topological polar surface area (TPSA) is 52.9 Å². The second-order valence-electron chi connectivity index (χ2n) is 3.79. The van der Waals surface area contributed by atoms with Crippen molar-refractivity contribution in [2.45, 2.75) is 10.6 Å². The van der Waals surface area contributed by atoms with Crippen molar-refractivity contribution >= 4 is 52.6 Å². The van der Waals surface area contributed by atoms with E-state index in [0.29, 0.717) is 15.6 Å². The number of carbonyl (C=O) groups is 1. The molecule has 19 heavy (non-hydrogen) atoms. The average Bonchev–Trinajstić information content (AvgIpc) is 2.93. The number of hydrogen-bond donors (Lipinski definition) is 1. The van der Waals surface area contributed by atoms with Crippen LogP contribution in [0.4, 0.5) is 0 Å². The molecule has 1 atom stereocenters. The maximum absolute atomic E-state index is 12.0. The summed E-state index contributed by atoms with van der Waals surface area (Å²) in [6, 6.07) is 6.31. The molecule has 1 aromatic carbocycles.